The van der Waals surface area contributed by atoms with Crippen LogP contribution in [-0.2, 0) is 10.0 Å². The minimum Gasteiger partial charge on any atom is -0.478 e. The number of sulfonamides is 1. The topological polar surface area (TPSA) is 83.5 Å². The standard InChI is InChI=1S/C15H23NO4S/c1-6-15(4,5)9-16-21(19,20)13-8-12(14(17)18)7-10(2)11(13)3/h7-8,16H,6,9H2,1-5H3,(H,17,18). The summed E-state index contributed by atoms with van der Waals surface area (Å²) in [5.41, 5.74) is 1.04. The van der Waals surface area contributed by atoms with Crippen molar-refractivity contribution in [3.63, 3.8) is 0 Å². The van der Waals surface area contributed by atoms with Gasteiger partial charge in [-0.2, -0.15) is 0 Å². The number of hydrogen-bond donors (Lipinski definition) is 2. The van der Waals surface area contributed by atoms with Gasteiger partial charge in [-0.3, -0.25) is 0 Å². The molecule has 0 amide bonds. The Kier molecular flexibility index (Phi) is 5.17. The lowest BCUT2D eigenvalue weighted by Crippen LogP contribution is -2.34. The predicted octanol–water partition coefficient (Wildman–Crippen LogP) is 2.72. The maximum atomic E-state index is 12.4. The highest BCUT2D eigenvalue weighted by atomic mass is 32.2. The summed E-state index contributed by atoms with van der Waals surface area (Å²) in [6.07, 6.45) is 0.836. The van der Waals surface area contributed by atoms with Gasteiger partial charge in [-0.05, 0) is 48.9 Å². The van der Waals surface area contributed by atoms with Crippen molar-refractivity contribution in [3.8, 4) is 0 Å². The molecule has 0 aliphatic carbocycles. The zero-order valence-corrected chi connectivity index (χ0v) is 14.0. The first-order valence-electron chi connectivity index (χ1n) is 6.84. The summed E-state index contributed by atoms with van der Waals surface area (Å²) < 4.78 is 27.5. The van der Waals surface area contributed by atoms with E-state index < -0.39 is 16.0 Å². The molecule has 2 N–H and O–H groups in total. The maximum Gasteiger partial charge on any atom is 0.335 e. The zero-order valence-electron chi connectivity index (χ0n) is 13.1. The molecule has 1 aromatic carbocycles. The first-order chi connectivity index (χ1) is 9.50. The first kappa shape index (κ1) is 17.7. The van der Waals surface area contributed by atoms with Crippen molar-refractivity contribution in [2.45, 2.75) is 45.9 Å². The van der Waals surface area contributed by atoms with E-state index in [1.807, 2.05) is 20.8 Å². The second-order valence-electron chi connectivity index (χ2n) is 6.06. The van der Waals surface area contributed by atoms with Crippen LogP contribution >= 0.6 is 0 Å². The molecule has 6 heteroatoms. The molecule has 0 heterocycles. The highest BCUT2D eigenvalue weighted by molar-refractivity contribution is 7.89. The number of nitrogens with one attached hydrogen (secondary N) is 1. The van der Waals surface area contributed by atoms with E-state index >= 15 is 0 Å². The molecule has 5 nitrogen and oxygen atoms in total. The SMILES string of the molecule is CCC(C)(C)CNS(=O)(=O)c1cc(C(=O)O)cc(C)c1C. The van der Waals surface area contributed by atoms with Gasteiger partial charge in [0, 0.05) is 6.54 Å². The number of carboxylic acid groups (broad SMARTS) is 1. The molecular formula is C15H23NO4S. The predicted molar refractivity (Wildman–Crippen MR) is 82.1 cm³/mol. The molecule has 0 aromatic heterocycles. The quantitative estimate of drug-likeness (QED) is 0.846. The van der Waals surface area contributed by atoms with Gasteiger partial charge in [0.05, 0.1) is 10.5 Å². The van der Waals surface area contributed by atoms with Gasteiger partial charge in [-0.15, -0.1) is 0 Å². The smallest absolute Gasteiger partial charge is 0.335 e. The third-order valence-electron chi connectivity index (χ3n) is 3.85. The Hall–Kier alpha value is -1.40. The molecule has 0 fully saturated rings. The van der Waals surface area contributed by atoms with Gasteiger partial charge < -0.3 is 5.11 Å². The van der Waals surface area contributed by atoms with Crippen LogP contribution in [0, 0.1) is 19.3 Å². The molecular weight excluding hydrogens is 290 g/mol. The van der Waals surface area contributed by atoms with E-state index in [0.717, 1.165) is 6.42 Å². The van der Waals surface area contributed by atoms with Crippen LogP contribution in [0.25, 0.3) is 0 Å². The van der Waals surface area contributed by atoms with Gasteiger partial charge in [0.1, 0.15) is 0 Å². The first-order valence-corrected chi connectivity index (χ1v) is 8.32. The summed E-state index contributed by atoms with van der Waals surface area (Å²) in [5, 5.41) is 9.07. The second-order valence-corrected chi connectivity index (χ2v) is 7.80. The monoisotopic (exact) mass is 313 g/mol. The number of hydrogen-bond acceptors (Lipinski definition) is 3. The van der Waals surface area contributed by atoms with E-state index in [1.54, 1.807) is 13.8 Å². The lowest BCUT2D eigenvalue weighted by Gasteiger charge is -2.23. The van der Waals surface area contributed by atoms with Crippen molar-refractivity contribution in [3.05, 3.63) is 28.8 Å². The molecule has 0 spiro atoms. The Labute approximate surface area is 126 Å². The number of carboxylic acids is 1. The van der Waals surface area contributed by atoms with Gasteiger partial charge in [-0.1, -0.05) is 20.8 Å². The van der Waals surface area contributed by atoms with Crippen LogP contribution in [0.1, 0.15) is 48.7 Å². The number of carbonyl (C=O) groups is 1. The Bertz CT molecular complexity index is 648. The van der Waals surface area contributed by atoms with E-state index in [9.17, 15) is 13.2 Å². The summed E-state index contributed by atoms with van der Waals surface area (Å²) in [7, 11) is -3.73. The molecule has 118 valence electrons. The van der Waals surface area contributed by atoms with Crippen LogP contribution in [0.2, 0.25) is 0 Å². The Balaban J connectivity index is 3.22. The summed E-state index contributed by atoms with van der Waals surface area (Å²) in [5.74, 6) is -1.14. The molecule has 0 aliphatic heterocycles. The number of aromatic carboxylic acids is 1. The Morgan fingerprint density at radius 3 is 2.33 bits per heavy atom. The fourth-order valence-corrected chi connectivity index (χ4v) is 3.31. The van der Waals surface area contributed by atoms with Crippen LogP contribution in [-0.4, -0.2) is 26.0 Å². The van der Waals surface area contributed by atoms with E-state index in [1.165, 1.54) is 12.1 Å². The molecule has 0 atom stereocenters. The molecule has 0 saturated heterocycles. The largest absolute Gasteiger partial charge is 0.478 e. The lowest BCUT2D eigenvalue weighted by atomic mass is 9.91. The van der Waals surface area contributed by atoms with Gasteiger partial charge >= 0.3 is 5.97 Å². The highest BCUT2D eigenvalue weighted by Gasteiger charge is 2.24. The van der Waals surface area contributed by atoms with Crippen molar-refractivity contribution in [2.75, 3.05) is 6.54 Å². The average molecular weight is 313 g/mol. The maximum absolute atomic E-state index is 12.4. The summed E-state index contributed by atoms with van der Waals surface area (Å²) >= 11 is 0. The van der Waals surface area contributed by atoms with Crippen LogP contribution < -0.4 is 4.72 Å². The number of aryl methyl sites for hydroxylation is 1. The average Bonchev–Trinajstić information content (AvgIpc) is 2.39. The van der Waals surface area contributed by atoms with E-state index in [4.69, 9.17) is 5.11 Å². The Morgan fingerprint density at radius 2 is 1.86 bits per heavy atom. The molecule has 1 rings (SSSR count). The highest BCUT2D eigenvalue weighted by Crippen LogP contribution is 2.23. The van der Waals surface area contributed by atoms with Gasteiger partial charge in [0.25, 0.3) is 0 Å². The fraction of sp³-hybridized carbons (Fsp3) is 0.533. The molecule has 0 saturated carbocycles. The van der Waals surface area contributed by atoms with E-state index in [2.05, 4.69) is 4.72 Å². The summed E-state index contributed by atoms with van der Waals surface area (Å²) in [6, 6.07) is 2.69. The molecule has 21 heavy (non-hydrogen) atoms. The normalized spacial score (nSPS) is 12.4. The fourth-order valence-electron chi connectivity index (χ4n) is 1.72. The van der Waals surface area contributed by atoms with Crippen molar-refractivity contribution >= 4 is 16.0 Å². The second kappa shape index (κ2) is 6.15. The minimum atomic E-state index is -3.73. The number of rotatable bonds is 6. The molecule has 0 unspecified atom stereocenters. The van der Waals surface area contributed by atoms with Crippen LogP contribution in [0.15, 0.2) is 17.0 Å². The van der Waals surface area contributed by atoms with Crippen molar-refractivity contribution in [1.82, 2.24) is 4.72 Å². The molecule has 1 aromatic rings. The summed E-state index contributed by atoms with van der Waals surface area (Å²) in [6.45, 7) is 9.64. The van der Waals surface area contributed by atoms with Gasteiger partial charge in [0.2, 0.25) is 10.0 Å². The third kappa shape index (κ3) is 4.28. The van der Waals surface area contributed by atoms with Crippen molar-refractivity contribution in [1.29, 1.82) is 0 Å². The van der Waals surface area contributed by atoms with Gasteiger partial charge in [0.15, 0.2) is 0 Å². The van der Waals surface area contributed by atoms with Gasteiger partial charge in [-0.25, -0.2) is 17.9 Å². The zero-order chi connectivity index (χ0) is 16.4. The molecule has 0 radical (unpaired) electrons. The lowest BCUT2D eigenvalue weighted by molar-refractivity contribution is 0.0696. The van der Waals surface area contributed by atoms with Crippen molar-refractivity contribution in [2.24, 2.45) is 5.41 Å². The minimum absolute atomic E-state index is 0.0202. The molecule has 0 aliphatic rings. The number of benzene rings is 1. The summed E-state index contributed by atoms with van der Waals surface area (Å²) in [4.78, 5) is 11.1. The van der Waals surface area contributed by atoms with Crippen LogP contribution in [0.5, 0.6) is 0 Å². The molecule has 0 bridgehead atoms. The van der Waals surface area contributed by atoms with E-state index in [-0.39, 0.29) is 15.9 Å². The van der Waals surface area contributed by atoms with Crippen LogP contribution in [0.3, 0.4) is 0 Å². The Morgan fingerprint density at radius 1 is 1.29 bits per heavy atom. The third-order valence-corrected chi connectivity index (χ3v) is 5.38. The van der Waals surface area contributed by atoms with Crippen LogP contribution in [0.4, 0.5) is 0 Å². The van der Waals surface area contributed by atoms with Crippen molar-refractivity contribution < 1.29 is 18.3 Å². The van der Waals surface area contributed by atoms with E-state index in [0.29, 0.717) is 17.7 Å².